The first-order valence-corrected chi connectivity index (χ1v) is 11.3. The summed E-state index contributed by atoms with van der Waals surface area (Å²) >= 11 is 0. The number of carboxylic acid groups (broad SMARTS) is 2. The van der Waals surface area contributed by atoms with Crippen LogP contribution in [0.2, 0.25) is 0 Å². The molecule has 0 saturated carbocycles. The summed E-state index contributed by atoms with van der Waals surface area (Å²) in [6.45, 7) is 4.10. The Morgan fingerprint density at radius 1 is 1.03 bits per heavy atom. The highest BCUT2D eigenvalue weighted by Crippen LogP contribution is 2.20. The summed E-state index contributed by atoms with van der Waals surface area (Å²) in [7, 11) is 0. The molecule has 1 heterocycles. The van der Waals surface area contributed by atoms with Gasteiger partial charge in [0.25, 0.3) is 0 Å². The van der Waals surface area contributed by atoms with Gasteiger partial charge in [-0.2, -0.15) is 0 Å². The Morgan fingerprint density at radius 3 is 2.24 bits per heavy atom. The predicted octanol–water partition coefficient (Wildman–Crippen LogP) is -0.991. The van der Waals surface area contributed by atoms with Crippen LogP contribution in [0.4, 0.5) is 0 Å². The number of hydrogen-bond acceptors (Lipinski definition) is 7. The summed E-state index contributed by atoms with van der Waals surface area (Å²) in [6, 6.07) is -4.08. The van der Waals surface area contributed by atoms with E-state index in [9.17, 15) is 29.1 Å². The van der Waals surface area contributed by atoms with Crippen molar-refractivity contribution in [3.05, 3.63) is 0 Å². The molecule has 0 aliphatic carbocycles. The summed E-state index contributed by atoms with van der Waals surface area (Å²) in [5.41, 5.74) is 11.3. The van der Waals surface area contributed by atoms with Gasteiger partial charge in [-0.15, -0.1) is 0 Å². The van der Waals surface area contributed by atoms with E-state index in [1.165, 1.54) is 0 Å². The van der Waals surface area contributed by atoms with E-state index in [4.69, 9.17) is 16.6 Å². The van der Waals surface area contributed by atoms with Gasteiger partial charge in [0.1, 0.15) is 18.1 Å². The zero-order valence-corrected chi connectivity index (χ0v) is 19.3. The van der Waals surface area contributed by atoms with Crippen LogP contribution >= 0.6 is 0 Å². The second-order valence-corrected chi connectivity index (χ2v) is 8.64. The number of nitrogens with zero attached hydrogens (tertiary/aromatic N) is 1. The lowest BCUT2D eigenvalue weighted by molar-refractivity contribution is -0.150. The molecule has 0 bridgehead atoms. The van der Waals surface area contributed by atoms with Crippen molar-refractivity contribution in [2.75, 3.05) is 13.1 Å². The monoisotopic (exact) mass is 471 g/mol. The molecule has 0 aromatic rings. The molecule has 3 amide bonds. The van der Waals surface area contributed by atoms with Crippen LogP contribution in [0, 0.1) is 5.92 Å². The maximum absolute atomic E-state index is 13.0. The van der Waals surface area contributed by atoms with Crippen molar-refractivity contribution in [1.29, 1.82) is 0 Å². The molecule has 188 valence electrons. The van der Waals surface area contributed by atoms with Crippen LogP contribution in [0.5, 0.6) is 0 Å². The average Bonchev–Trinajstić information content (AvgIpc) is 3.24. The molecule has 1 saturated heterocycles. The summed E-state index contributed by atoms with van der Waals surface area (Å²) in [4.78, 5) is 62.1. The SMILES string of the molecule is CC(C)C(NC(=O)C(N)CCCCN)C(=O)NC(CCC(=O)O)C(=O)N1CCCC1C(=O)O. The molecule has 0 spiro atoms. The second-order valence-electron chi connectivity index (χ2n) is 8.64. The molecule has 8 N–H and O–H groups in total. The molecule has 33 heavy (non-hydrogen) atoms. The maximum Gasteiger partial charge on any atom is 0.326 e. The Morgan fingerprint density at radius 2 is 1.70 bits per heavy atom. The number of likely N-dealkylation sites (tertiary alicyclic amines) is 1. The Bertz CT molecular complexity index is 715. The molecule has 0 aromatic carbocycles. The van der Waals surface area contributed by atoms with Gasteiger partial charge < -0.3 is 37.2 Å². The number of unbranched alkanes of at least 4 members (excludes halogenated alkanes) is 1. The zero-order chi connectivity index (χ0) is 25.1. The number of amides is 3. The standard InChI is InChI=1S/C21H37N5O7/c1-12(2)17(25-18(29)13(23)6-3-4-10-22)19(30)24-14(8-9-16(27)28)20(31)26-11-5-7-15(26)21(32)33/h12-15,17H,3-11,22-23H2,1-2H3,(H,24,30)(H,25,29)(H,27,28)(H,32,33). The maximum atomic E-state index is 13.0. The lowest BCUT2D eigenvalue weighted by atomic mass is 10.0. The largest absolute Gasteiger partial charge is 0.481 e. The minimum Gasteiger partial charge on any atom is -0.481 e. The van der Waals surface area contributed by atoms with Gasteiger partial charge in [-0.25, -0.2) is 4.79 Å². The van der Waals surface area contributed by atoms with Crippen molar-refractivity contribution in [3.8, 4) is 0 Å². The van der Waals surface area contributed by atoms with E-state index in [2.05, 4.69) is 10.6 Å². The third-order valence-corrected chi connectivity index (χ3v) is 5.64. The Hall–Kier alpha value is -2.73. The molecular formula is C21H37N5O7. The first-order valence-electron chi connectivity index (χ1n) is 11.3. The Labute approximate surface area is 193 Å². The van der Waals surface area contributed by atoms with Crippen molar-refractivity contribution in [3.63, 3.8) is 0 Å². The predicted molar refractivity (Wildman–Crippen MR) is 119 cm³/mol. The summed E-state index contributed by atoms with van der Waals surface area (Å²) in [6.07, 6.45) is 1.96. The van der Waals surface area contributed by atoms with Crippen LogP contribution in [-0.4, -0.2) is 82.0 Å². The van der Waals surface area contributed by atoms with Gasteiger partial charge in [-0.1, -0.05) is 20.3 Å². The van der Waals surface area contributed by atoms with Crippen molar-refractivity contribution in [2.45, 2.75) is 83.0 Å². The van der Waals surface area contributed by atoms with Gasteiger partial charge in [-0.3, -0.25) is 19.2 Å². The van der Waals surface area contributed by atoms with Crippen molar-refractivity contribution in [1.82, 2.24) is 15.5 Å². The molecule has 1 aliphatic heterocycles. The van der Waals surface area contributed by atoms with Crippen LogP contribution in [0.25, 0.3) is 0 Å². The van der Waals surface area contributed by atoms with E-state index in [0.717, 1.165) is 11.3 Å². The van der Waals surface area contributed by atoms with Crippen molar-refractivity contribution in [2.24, 2.45) is 17.4 Å². The normalized spacial score (nSPS) is 18.5. The minimum atomic E-state index is -1.23. The number of carboxylic acids is 2. The molecule has 0 radical (unpaired) electrons. The molecule has 1 aliphatic rings. The number of aliphatic carboxylic acids is 2. The van der Waals surface area contributed by atoms with E-state index < -0.39 is 60.2 Å². The van der Waals surface area contributed by atoms with E-state index in [1.54, 1.807) is 13.8 Å². The number of carbonyl (C=O) groups excluding carboxylic acids is 3. The molecule has 4 atom stereocenters. The highest BCUT2D eigenvalue weighted by atomic mass is 16.4. The van der Waals surface area contributed by atoms with Gasteiger partial charge in [0.2, 0.25) is 17.7 Å². The number of hydrogen-bond donors (Lipinski definition) is 6. The molecule has 1 fully saturated rings. The second kappa shape index (κ2) is 13.7. The number of carbonyl (C=O) groups is 5. The van der Waals surface area contributed by atoms with Crippen LogP contribution < -0.4 is 22.1 Å². The lowest BCUT2D eigenvalue weighted by Gasteiger charge is -2.29. The third-order valence-electron chi connectivity index (χ3n) is 5.64. The fraction of sp³-hybridized carbons (Fsp3) is 0.762. The highest BCUT2D eigenvalue weighted by Gasteiger charge is 2.38. The van der Waals surface area contributed by atoms with Gasteiger partial charge in [0.15, 0.2) is 0 Å². The number of nitrogens with two attached hydrogens (primary N) is 2. The quantitative estimate of drug-likeness (QED) is 0.172. The Kier molecular flexibility index (Phi) is 11.8. The van der Waals surface area contributed by atoms with Gasteiger partial charge in [0, 0.05) is 13.0 Å². The van der Waals surface area contributed by atoms with Crippen LogP contribution in [-0.2, 0) is 24.0 Å². The van der Waals surface area contributed by atoms with Crippen LogP contribution in [0.1, 0.15) is 58.8 Å². The van der Waals surface area contributed by atoms with Crippen molar-refractivity contribution >= 4 is 29.7 Å². The van der Waals surface area contributed by atoms with Crippen LogP contribution in [0.15, 0.2) is 0 Å². The summed E-state index contributed by atoms with van der Waals surface area (Å²) in [5, 5.41) is 23.5. The van der Waals surface area contributed by atoms with E-state index in [0.29, 0.717) is 25.8 Å². The summed E-state index contributed by atoms with van der Waals surface area (Å²) < 4.78 is 0. The zero-order valence-electron chi connectivity index (χ0n) is 19.3. The highest BCUT2D eigenvalue weighted by molar-refractivity contribution is 5.94. The first kappa shape index (κ1) is 28.3. The molecular weight excluding hydrogens is 434 g/mol. The molecule has 0 aromatic heterocycles. The number of nitrogens with one attached hydrogen (secondary N) is 2. The number of rotatable bonds is 14. The van der Waals surface area contributed by atoms with Gasteiger partial charge in [0.05, 0.1) is 6.04 Å². The molecule has 12 heteroatoms. The van der Waals surface area contributed by atoms with E-state index in [1.807, 2.05) is 0 Å². The first-order chi connectivity index (χ1) is 15.5. The van der Waals surface area contributed by atoms with E-state index >= 15 is 0 Å². The van der Waals surface area contributed by atoms with Gasteiger partial charge in [-0.05, 0) is 44.6 Å². The fourth-order valence-corrected chi connectivity index (χ4v) is 3.71. The third kappa shape index (κ3) is 8.97. The average molecular weight is 472 g/mol. The molecule has 4 unspecified atom stereocenters. The fourth-order valence-electron chi connectivity index (χ4n) is 3.71. The Balaban J connectivity index is 2.93. The van der Waals surface area contributed by atoms with Crippen molar-refractivity contribution < 1.29 is 34.2 Å². The smallest absolute Gasteiger partial charge is 0.326 e. The lowest BCUT2D eigenvalue weighted by Crippen LogP contribution is -2.58. The van der Waals surface area contributed by atoms with E-state index in [-0.39, 0.29) is 25.3 Å². The minimum absolute atomic E-state index is 0.206. The molecule has 12 nitrogen and oxygen atoms in total. The summed E-state index contributed by atoms with van der Waals surface area (Å²) in [5.74, 6) is -4.49. The molecule has 1 rings (SSSR count). The van der Waals surface area contributed by atoms with Gasteiger partial charge >= 0.3 is 11.9 Å². The van der Waals surface area contributed by atoms with Crippen LogP contribution in [0.3, 0.4) is 0 Å². The topological polar surface area (TPSA) is 205 Å².